The van der Waals surface area contributed by atoms with Gasteiger partial charge in [-0.25, -0.2) is 9.97 Å². The molecule has 3 aromatic rings. The fourth-order valence-electron chi connectivity index (χ4n) is 3.81. The maximum atomic E-state index is 6.27. The summed E-state index contributed by atoms with van der Waals surface area (Å²) in [6, 6.07) is 10.3. The Kier molecular flexibility index (Phi) is 6.35. The molecule has 4 rings (SSSR count). The first kappa shape index (κ1) is 20.5. The molecular weight excluding hydrogens is 452 g/mol. The second-order valence-electron chi connectivity index (χ2n) is 7.65. The number of halogens is 2. The van der Waals surface area contributed by atoms with E-state index < -0.39 is 0 Å². The monoisotopic (exact) mass is 474 g/mol. The normalized spacial score (nSPS) is 15.2. The maximum absolute atomic E-state index is 6.27. The van der Waals surface area contributed by atoms with Gasteiger partial charge < -0.3 is 15.0 Å². The number of nitrogens with one attached hydrogen (secondary N) is 1. The Morgan fingerprint density at radius 1 is 1.21 bits per heavy atom. The Morgan fingerprint density at radius 2 is 2.00 bits per heavy atom. The molecule has 7 heteroatoms. The van der Waals surface area contributed by atoms with Gasteiger partial charge in [0.2, 0.25) is 5.95 Å². The molecule has 1 saturated heterocycles. The zero-order valence-electron chi connectivity index (χ0n) is 16.6. The number of hydrogen-bond acceptors (Lipinski definition) is 5. The van der Waals surface area contributed by atoms with Gasteiger partial charge in [0.1, 0.15) is 0 Å². The molecule has 1 aliphatic heterocycles. The van der Waals surface area contributed by atoms with Gasteiger partial charge in [-0.1, -0.05) is 17.7 Å². The Balaban J connectivity index is 1.64. The van der Waals surface area contributed by atoms with Crippen molar-refractivity contribution in [2.24, 2.45) is 0 Å². The molecule has 0 bridgehead atoms. The first-order valence-electron chi connectivity index (χ1n) is 9.74. The molecule has 152 valence electrons. The summed E-state index contributed by atoms with van der Waals surface area (Å²) in [6.45, 7) is 2.57. The molecule has 1 aliphatic rings. The molecule has 29 heavy (non-hydrogen) atoms. The minimum atomic E-state index is 0.551. The Morgan fingerprint density at radius 3 is 2.76 bits per heavy atom. The van der Waals surface area contributed by atoms with Crippen molar-refractivity contribution in [3.63, 3.8) is 0 Å². The molecule has 1 aromatic heterocycles. The van der Waals surface area contributed by atoms with Crippen LogP contribution in [-0.4, -0.2) is 42.2 Å². The number of rotatable bonds is 5. The molecule has 2 heterocycles. The lowest BCUT2D eigenvalue weighted by Gasteiger charge is -2.26. The van der Waals surface area contributed by atoms with E-state index in [-0.39, 0.29) is 0 Å². The Hall–Kier alpha value is -1.73. The summed E-state index contributed by atoms with van der Waals surface area (Å²) in [4.78, 5) is 11.3. The van der Waals surface area contributed by atoms with Crippen molar-refractivity contribution in [1.29, 1.82) is 0 Å². The average molecular weight is 476 g/mol. The summed E-state index contributed by atoms with van der Waals surface area (Å²) in [5.41, 5.74) is 4.52. The van der Waals surface area contributed by atoms with Gasteiger partial charge in [0.15, 0.2) is 0 Å². The van der Waals surface area contributed by atoms with Crippen molar-refractivity contribution in [3.05, 3.63) is 57.2 Å². The predicted octanol–water partition coefficient (Wildman–Crippen LogP) is 5.74. The van der Waals surface area contributed by atoms with E-state index in [1.807, 2.05) is 12.1 Å². The lowest BCUT2D eigenvalue weighted by atomic mass is 9.88. The number of benzene rings is 2. The van der Waals surface area contributed by atoms with Gasteiger partial charge in [-0.3, -0.25) is 0 Å². The summed E-state index contributed by atoms with van der Waals surface area (Å²) < 4.78 is 6.44. The van der Waals surface area contributed by atoms with Crippen LogP contribution in [0.25, 0.3) is 10.9 Å². The summed E-state index contributed by atoms with van der Waals surface area (Å²) in [6.07, 6.45) is 3.92. The Labute approximate surface area is 184 Å². The average Bonchev–Trinajstić information content (AvgIpc) is 2.71. The van der Waals surface area contributed by atoms with Crippen LogP contribution < -0.4 is 5.32 Å². The molecule has 1 N–H and O–H groups in total. The van der Waals surface area contributed by atoms with Gasteiger partial charge in [-0.15, -0.1) is 0 Å². The lowest BCUT2D eigenvalue weighted by molar-refractivity contribution is 0.0850. The topological polar surface area (TPSA) is 50.3 Å². The van der Waals surface area contributed by atoms with Crippen LogP contribution in [0.2, 0.25) is 5.02 Å². The third kappa shape index (κ3) is 4.72. The number of ether oxygens (including phenoxy) is 1. The summed E-state index contributed by atoms with van der Waals surface area (Å²) in [5.74, 6) is 1.11. The number of hydrogen-bond donors (Lipinski definition) is 1. The van der Waals surface area contributed by atoms with Gasteiger partial charge >= 0.3 is 0 Å². The van der Waals surface area contributed by atoms with Crippen molar-refractivity contribution < 1.29 is 4.74 Å². The molecule has 5 nitrogen and oxygen atoms in total. The van der Waals surface area contributed by atoms with Crippen LogP contribution in [-0.2, 0) is 11.3 Å². The zero-order valence-corrected chi connectivity index (χ0v) is 18.9. The minimum Gasteiger partial charge on any atom is -0.381 e. The highest BCUT2D eigenvalue weighted by Gasteiger charge is 2.19. The highest BCUT2D eigenvalue weighted by Crippen LogP contribution is 2.33. The second kappa shape index (κ2) is 8.96. The van der Waals surface area contributed by atoms with E-state index in [4.69, 9.17) is 16.3 Å². The first-order valence-corrected chi connectivity index (χ1v) is 10.9. The standard InChI is InChI=1S/C22H24BrClN4O/c1-28(2)13-15-11-16(3-4-17(15)14-7-9-29-10-8-14)26-22-25-12-18-20(24)6-5-19(23)21(18)27-22/h3-6,11-12,14H,7-10,13H2,1-2H3,(H,25,26,27). The summed E-state index contributed by atoms with van der Waals surface area (Å²) in [7, 11) is 4.20. The lowest BCUT2D eigenvalue weighted by Crippen LogP contribution is -2.18. The smallest absolute Gasteiger partial charge is 0.227 e. The van der Waals surface area contributed by atoms with Crippen molar-refractivity contribution in [1.82, 2.24) is 14.9 Å². The van der Waals surface area contributed by atoms with E-state index in [0.29, 0.717) is 16.9 Å². The van der Waals surface area contributed by atoms with Gasteiger partial charge in [0.05, 0.1) is 10.5 Å². The van der Waals surface area contributed by atoms with Crippen LogP contribution in [0.15, 0.2) is 41.0 Å². The molecular formula is C22H24BrClN4O. The summed E-state index contributed by atoms with van der Waals surface area (Å²) in [5, 5.41) is 4.83. The first-order chi connectivity index (χ1) is 14.0. The van der Waals surface area contributed by atoms with E-state index in [0.717, 1.165) is 53.7 Å². The van der Waals surface area contributed by atoms with Crippen molar-refractivity contribution in [3.8, 4) is 0 Å². The van der Waals surface area contributed by atoms with Crippen LogP contribution in [0.4, 0.5) is 11.6 Å². The summed E-state index contributed by atoms with van der Waals surface area (Å²) >= 11 is 9.82. The molecule has 0 atom stereocenters. The third-order valence-corrected chi connectivity index (χ3v) is 6.16. The fraction of sp³-hybridized carbons (Fsp3) is 0.364. The minimum absolute atomic E-state index is 0.551. The van der Waals surface area contributed by atoms with Crippen LogP contribution in [0.5, 0.6) is 0 Å². The quantitative estimate of drug-likeness (QED) is 0.509. The number of nitrogens with zero attached hydrogens (tertiary/aromatic N) is 3. The Bertz CT molecular complexity index is 1020. The van der Waals surface area contributed by atoms with Crippen molar-refractivity contribution >= 4 is 50.1 Å². The van der Waals surface area contributed by atoms with Crippen molar-refractivity contribution in [2.75, 3.05) is 32.6 Å². The highest BCUT2D eigenvalue weighted by atomic mass is 79.9. The van der Waals surface area contributed by atoms with Crippen LogP contribution in [0.1, 0.15) is 29.9 Å². The van der Waals surface area contributed by atoms with E-state index >= 15 is 0 Å². The number of aromatic nitrogens is 2. The number of anilines is 2. The number of fused-ring (bicyclic) bond motifs is 1. The molecule has 0 aliphatic carbocycles. The predicted molar refractivity (Wildman–Crippen MR) is 122 cm³/mol. The molecule has 1 fully saturated rings. The van der Waals surface area contributed by atoms with Gasteiger partial charge in [0, 0.05) is 41.5 Å². The second-order valence-corrected chi connectivity index (χ2v) is 8.91. The maximum Gasteiger partial charge on any atom is 0.227 e. The zero-order chi connectivity index (χ0) is 20.4. The molecule has 0 radical (unpaired) electrons. The SMILES string of the molecule is CN(C)Cc1cc(Nc2ncc3c(Cl)ccc(Br)c3n2)ccc1C1CCOCC1. The molecule has 0 saturated carbocycles. The van der Waals surface area contributed by atoms with Gasteiger partial charge in [-0.05, 0) is 84.2 Å². The largest absolute Gasteiger partial charge is 0.381 e. The molecule has 2 aromatic carbocycles. The van der Waals surface area contributed by atoms with E-state index in [2.05, 4.69) is 68.4 Å². The van der Waals surface area contributed by atoms with E-state index in [9.17, 15) is 0 Å². The molecule has 0 spiro atoms. The van der Waals surface area contributed by atoms with Gasteiger partial charge in [-0.2, -0.15) is 0 Å². The van der Waals surface area contributed by atoms with Crippen LogP contribution in [0, 0.1) is 0 Å². The van der Waals surface area contributed by atoms with Gasteiger partial charge in [0.25, 0.3) is 0 Å². The van der Waals surface area contributed by atoms with Crippen LogP contribution in [0.3, 0.4) is 0 Å². The van der Waals surface area contributed by atoms with E-state index in [1.54, 1.807) is 6.20 Å². The third-order valence-electron chi connectivity index (χ3n) is 5.20. The fourth-order valence-corrected chi connectivity index (χ4v) is 4.45. The molecule has 0 unspecified atom stereocenters. The molecule has 0 amide bonds. The van der Waals surface area contributed by atoms with Crippen LogP contribution >= 0.6 is 27.5 Å². The highest BCUT2D eigenvalue weighted by molar-refractivity contribution is 9.10. The van der Waals surface area contributed by atoms with Crippen molar-refractivity contribution in [2.45, 2.75) is 25.3 Å². The van der Waals surface area contributed by atoms with E-state index in [1.165, 1.54) is 11.1 Å².